The molecule has 0 aliphatic heterocycles. The normalized spacial score (nSPS) is 15.5. The molecule has 36 heavy (non-hydrogen) atoms. The van der Waals surface area contributed by atoms with Crippen molar-refractivity contribution in [3.05, 3.63) is 64.7 Å². The third-order valence-corrected chi connectivity index (χ3v) is 7.18. The van der Waals surface area contributed by atoms with Crippen LogP contribution in [0.3, 0.4) is 0 Å². The first-order chi connectivity index (χ1) is 17.2. The molecule has 2 unspecified atom stereocenters. The number of hydrogen-bond acceptors (Lipinski definition) is 5. The molecule has 0 saturated carbocycles. The lowest BCUT2D eigenvalue weighted by Crippen LogP contribution is -2.45. The van der Waals surface area contributed by atoms with E-state index in [0.29, 0.717) is 18.9 Å². The number of rotatable bonds is 15. The Kier molecular flexibility index (Phi) is 10.3. The van der Waals surface area contributed by atoms with Crippen LogP contribution in [0.1, 0.15) is 74.8 Å². The highest BCUT2D eigenvalue weighted by Crippen LogP contribution is 2.32. The third kappa shape index (κ3) is 8.32. The van der Waals surface area contributed by atoms with Crippen molar-refractivity contribution in [2.24, 2.45) is 5.92 Å². The number of benzene rings is 2. The van der Waals surface area contributed by atoms with Crippen LogP contribution in [0, 0.1) is 5.92 Å². The molecule has 0 heterocycles. The fourth-order valence-electron chi connectivity index (χ4n) is 5.39. The van der Waals surface area contributed by atoms with Gasteiger partial charge in [0.25, 0.3) is 0 Å². The molecule has 2 aromatic rings. The molecule has 2 atom stereocenters. The Balaban J connectivity index is 1.47. The lowest BCUT2D eigenvalue weighted by molar-refractivity contribution is -0.137. The zero-order valence-corrected chi connectivity index (χ0v) is 22.3. The average molecular weight is 498 g/mol. The van der Waals surface area contributed by atoms with Gasteiger partial charge < -0.3 is 25.0 Å². The summed E-state index contributed by atoms with van der Waals surface area (Å²) < 4.78 is 11.6. The van der Waals surface area contributed by atoms with Crippen molar-refractivity contribution in [1.29, 1.82) is 0 Å². The first kappa shape index (κ1) is 28.2. The molecule has 0 bridgehead atoms. The van der Waals surface area contributed by atoms with Crippen LogP contribution >= 0.6 is 0 Å². The van der Waals surface area contributed by atoms with Crippen LogP contribution in [0.25, 0.3) is 0 Å². The number of ether oxygens (including phenoxy) is 2. The summed E-state index contributed by atoms with van der Waals surface area (Å²) in [5.41, 5.74) is 4.93. The minimum Gasteiger partial charge on any atom is -0.496 e. The summed E-state index contributed by atoms with van der Waals surface area (Å²) in [5.74, 6) is 0.641. The van der Waals surface area contributed by atoms with Gasteiger partial charge in [-0.3, -0.25) is 4.79 Å². The minimum atomic E-state index is -0.772. The summed E-state index contributed by atoms with van der Waals surface area (Å²) >= 11 is 0. The predicted molar refractivity (Wildman–Crippen MR) is 143 cm³/mol. The lowest BCUT2D eigenvalue weighted by atomic mass is 9.88. The number of carboxylic acid groups (broad SMARTS) is 1. The molecule has 3 rings (SSSR count). The monoisotopic (exact) mass is 497 g/mol. The SMILES string of the molecule is COc1cccc(C(C)OCC(O)CNC(C)(C)CC2Cc3ccccc3C2)c1CCCCC(=O)O. The molecule has 0 aromatic heterocycles. The minimum absolute atomic E-state index is 0.0742. The highest BCUT2D eigenvalue weighted by molar-refractivity contribution is 5.66. The smallest absolute Gasteiger partial charge is 0.303 e. The maximum atomic E-state index is 10.8. The number of β-amino-alcohol motifs (C(OH)–C–C–N with tert-alkyl or cyclic N) is 1. The second-order valence-corrected chi connectivity index (χ2v) is 10.8. The highest BCUT2D eigenvalue weighted by atomic mass is 16.5. The predicted octanol–water partition coefficient (Wildman–Crippen LogP) is 5.10. The molecule has 1 aliphatic rings. The maximum Gasteiger partial charge on any atom is 0.303 e. The summed E-state index contributed by atoms with van der Waals surface area (Å²) in [6.45, 7) is 7.10. The van der Waals surface area contributed by atoms with E-state index >= 15 is 0 Å². The molecule has 0 amide bonds. The molecule has 0 spiro atoms. The van der Waals surface area contributed by atoms with Crippen molar-refractivity contribution >= 4 is 5.97 Å². The Hall–Kier alpha value is -2.41. The average Bonchev–Trinajstić information content (AvgIpc) is 3.25. The van der Waals surface area contributed by atoms with Gasteiger partial charge in [-0.05, 0) is 93.5 Å². The highest BCUT2D eigenvalue weighted by Gasteiger charge is 2.28. The molecular formula is C30H43NO5. The van der Waals surface area contributed by atoms with Crippen molar-refractivity contribution in [2.45, 2.75) is 83.5 Å². The van der Waals surface area contributed by atoms with Gasteiger partial charge >= 0.3 is 5.97 Å². The fourth-order valence-corrected chi connectivity index (χ4v) is 5.39. The Morgan fingerprint density at radius 1 is 1.11 bits per heavy atom. The molecule has 6 heteroatoms. The maximum absolute atomic E-state index is 10.8. The molecule has 0 fully saturated rings. The molecule has 1 aliphatic carbocycles. The van der Waals surface area contributed by atoms with E-state index in [2.05, 4.69) is 43.4 Å². The van der Waals surface area contributed by atoms with Crippen LogP contribution in [0.5, 0.6) is 5.75 Å². The summed E-state index contributed by atoms with van der Waals surface area (Å²) in [6, 6.07) is 14.6. The van der Waals surface area contributed by atoms with Crippen LogP contribution in [0.4, 0.5) is 0 Å². The Labute approximate surface area is 216 Å². The molecular weight excluding hydrogens is 454 g/mol. The molecule has 2 aromatic carbocycles. The summed E-state index contributed by atoms with van der Waals surface area (Å²) in [5, 5.41) is 23.1. The van der Waals surface area contributed by atoms with E-state index in [1.54, 1.807) is 7.11 Å². The van der Waals surface area contributed by atoms with E-state index in [1.807, 2.05) is 25.1 Å². The number of aliphatic carboxylic acids is 1. The number of nitrogens with one attached hydrogen (secondary N) is 1. The van der Waals surface area contributed by atoms with Crippen molar-refractivity contribution < 1.29 is 24.5 Å². The Morgan fingerprint density at radius 3 is 2.44 bits per heavy atom. The number of hydrogen-bond donors (Lipinski definition) is 3. The lowest BCUT2D eigenvalue weighted by Gasteiger charge is -2.31. The summed E-state index contributed by atoms with van der Waals surface area (Å²) in [7, 11) is 1.65. The standard InChI is InChI=1S/C30H43NO5/c1-21(26-13-9-14-28(35-4)27(26)12-7-8-15-29(33)34)36-20-25(32)19-31-30(2,3)18-22-16-23-10-5-6-11-24(23)17-22/h5-6,9-11,13-14,21-22,25,31-32H,7-8,12,15-20H2,1-4H3,(H,33,34). The van der Waals surface area contributed by atoms with E-state index in [9.17, 15) is 9.90 Å². The van der Waals surface area contributed by atoms with Gasteiger partial charge in [-0.15, -0.1) is 0 Å². The topological polar surface area (TPSA) is 88.0 Å². The Morgan fingerprint density at radius 2 is 1.81 bits per heavy atom. The van der Waals surface area contributed by atoms with Gasteiger partial charge in [-0.1, -0.05) is 36.4 Å². The van der Waals surface area contributed by atoms with E-state index < -0.39 is 12.1 Å². The van der Waals surface area contributed by atoms with Crippen LogP contribution in [-0.2, 0) is 28.8 Å². The number of aliphatic hydroxyl groups excluding tert-OH is 1. The van der Waals surface area contributed by atoms with Crippen molar-refractivity contribution in [3.63, 3.8) is 0 Å². The molecule has 198 valence electrons. The van der Waals surface area contributed by atoms with Gasteiger partial charge in [-0.25, -0.2) is 0 Å². The molecule has 6 nitrogen and oxygen atoms in total. The summed E-state index contributed by atoms with van der Waals surface area (Å²) in [6.07, 6.45) is 4.76. The van der Waals surface area contributed by atoms with E-state index in [0.717, 1.165) is 49.0 Å². The summed E-state index contributed by atoms with van der Waals surface area (Å²) in [4.78, 5) is 10.8. The first-order valence-corrected chi connectivity index (χ1v) is 13.2. The van der Waals surface area contributed by atoms with Crippen LogP contribution in [0.15, 0.2) is 42.5 Å². The third-order valence-electron chi connectivity index (χ3n) is 7.18. The van der Waals surface area contributed by atoms with E-state index in [1.165, 1.54) is 11.1 Å². The number of carbonyl (C=O) groups is 1. The molecule has 0 saturated heterocycles. The van der Waals surface area contributed by atoms with Gasteiger partial charge in [-0.2, -0.15) is 0 Å². The van der Waals surface area contributed by atoms with Crippen molar-refractivity contribution in [1.82, 2.24) is 5.32 Å². The fraction of sp³-hybridized carbons (Fsp3) is 0.567. The first-order valence-electron chi connectivity index (χ1n) is 13.2. The van der Waals surface area contributed by atoms with Crippen LogP contribution in [-0.4, -0.2) is 48.1 Å². The van der Waals surface area contributed by atoms with Crippen molar-refractivity contribution in [3.8, 4) is 5.75 Å². The van der Waals surface area contributed by atoms with Crippen molar-refractivity contribution in [2.75, 3.05) is 20.3 Å². The van der Waals surface area contributed by atoms with E-state index in [-0.39, 0.29) is 24.7 Å². The number of fused-ring (bicyclic) bond motifs is 1. The van der Waals surface area contributed by atoms with Crippen LogP contribution < -0.4 is 10.1 Å². The van der Waals surface area contributed by atoms with Gasteiger partial charge in [0.15, 0.2) is 0 Å². The second kappa shape index (κ2) is 13.2. The van der Waals surface area contributed by atoms with Gasteiger partial charge in [0.05, 0.1) is 25.9 Å². The van der Waals surface area contributed by atoms with Crippen LogP contribution in [0.2, 0.25) is 0 Å². The number of unbranched alkanes of at least 4 members (excludes halogenated alkanes) is 1. The number of carboxylic acids is 1. The zero-order valence-electron chi connectivity index (χ0n) is 22.3. The quantitative estimate of drug-likeness (QED) is 0.297. The largest absolute Gasteiger partial charge is 0.496 e. The van der Waals surface area contributed by atoms with Gasteiger partial charge in [0.1, 0.15) is 5.75 Å². The zero-order chi connectivity index (χ0) is 26.1. The molecule has 3 N–H and O–H groups in total. The number of aliphatic hydroxyl groups is 1. The van der Waals surface area contributed by atoms with Gasteiger partial charge in [0, 0.05) is 18.5 Å². The van der Waals surface area contributed by atoms with Gasteiger partial charge in [0.2, 0.25) is 0 Å². The molecule has 0 radical (unpaired) electrons. The Bertz CT molecular complexity index is 964. The number of methoxy groups -OCH3 is 1. The second-order valence-electron chi connectivity index (χ2n) is 10.8. The van der Waals surface area contributed by atoms with E-state index in [4.69, 9.17) is 14.6 Å².